The zero-order chi connectivity index (χ0) is 21.1. The van der Waals surface area contributed by atoms with Gasteiger partial charge in [0.1, 0.15) is 5.82 Å². The Kier molecular flexibility index (Phi) is 6.26. The number of benzene rings is 2. The minimum atomic E-state index is -1.66. The molecule has 0 heterocycles. The molecule has 0 amide bonds. The zero-order valence-corrected chi connectivity index (χ0v) is 17.2. The van der Waals surface area contributed by atoms with Gasteiger partial charge in [-0.3, -0.25) is 0 Å². The van der Waals surface area contributed by atoms with Gasteiger partial charge in [-0.25, -0.2) is 13.2 Å². The normalized spacial score (nSPS) is 27.1. The van der Waals surface area contributed by atoms with E-state index in [1.54, 1.807) is 36.4 Å². The lowest BCUT2D eigenvalue weighted by Crippen LogP contribution is -2.23. The molecular formula is C27H27F3. The maximum absolute atomic E-state index is 14.7. The van der Waals surface area contributed by atoms with Gasteiger partial charge in [-0.15, -0.1) is 0 Å². The molecule has 3 heteroatoms. The number of allylic oxidation sites excluding steroid dienone is 6. The van der Waals surface area contributed by atoms with Gasteiger partial charge in [-0.2, -0.15) is 0 Å². The molecule has 0 spiro atoms. The third-order valence-corrected chi connectivity index (χ3v) is 6.36. The van der Waals surface area contributed by atoms with Gasteiger partial charge in [0.25, 0.3) is 0 Å². The Morgan fingerprint density at radius 1 is 0.867 bits per heavy atom. The molecule has 4 rings (SSSR count). The minimum absolute atomic E-state index is 0.114. The molecule has 1 fully saturated rings. The molecule has 2 aliphatic carbocycles. The molecule has 156 valence electrons. The standard InChI is InChI=1S/C27H27F3/c1-18-7-15-23(25(28)17-18)21-11-8-19(9-12-21)10-13-22-14-16-24(27(30)26(22)29)20-5-3-2-4-6-20/h2-7,10,13-17,19,21,26-27H,8-9,11-12H2,1H3/b13-10+. The fourth-order valence-electron chi connectivity index (χ4n) is 4.56. The molecule has 0 radical (unpaired) electrons. The predicted molar refractivity (Wildman–Crippen MR) is 117 cm³/mol. The molecular weight excluding hydrogens is 381 g/mol. The highest BCUT2D eigenvalue weighted by Gasteiger charge is 2.30. The summed E-state index contributed by atoms with van der Waals surface area (Å²) in [6.07, 6.45) is 7.51. The third kappa shape index (κ3) is 4.45. The monoisotopic (exact) mass is 408 g/mol. The number of halogens is 3. The molecule has 2 unspecified atom stereocenters. The quantitative estimate of drug-likeness (QED) is 0.487. The summed E-state index contributed by atoms with van der Waals surface area (Å²) in [4.78, 5) is 0. The number of hydrogen-bond acceptors (Lipinski definition) is 0. The first-order chi connectivity index (χ1) is 14.5. The lowest BCUT2D eigenvalue weighted by molar-refractivity contribution is 0.245. The molecule has 0 nitrogen and oxygen atoms in total. The van der Waals surface area contributed by atoms with Crippen LogP contribution in [0.15, 0.2) is 78.4 Å². The van der Waals surface area contributed by atoms with Gasteiger partial charge >= 0.3 is 0 Å². The minimum Gasteiger partial charge on any atom is -0.239 e. The smallest absolute Gasteiger partial charge is 0.161 e. The Hall–Kier alpha value is -2.55. The van der Waals surface area contributed by atoms with Crippen molar-refractivity contribution in [1.29, 1.82) is 0 Å². The van der Waals surface area contributed by atoms with Gasteiger partial charge in [-0.1, -0.05) is 66.8 Å². The fourth-order valence-corrected chi connectivity index (χ4v) is 4.56. The summed E-state index contributed by atoms with van der Waals surface area (Å²) in [6.45, 7) is 1.90. The van der Waals surface area contributed by atoms with E-state index in [4.69, 9.17) is 0 Å². The Morgan fingerprint density at radius 3 is 2.30 bits per heavy atom. The van der Waals surface area contributed by atoms with Gasteiger partial charge in [0, 0.05) is 0 Å². The first-order valence-corrected chi connectivity index (χ1v) is 10.7. The average Bonchev–Trinajstić information content (AvgIpc) is 2.76. The van der Waals surface area contributed by atoms with Crippen LogP contribution in [-0.2, 0) is 0 Å². The van der Waals surface area contributed by atoms with E-state index < -0.39 is 12.3 Å². The largest absolute Gasteiger partial charge is 0.239 e. The highest BCUT2D eigenvalue weighted by Crippen LogP contribution is 2.38. The molecule has 2 aliphatic rings. The molecule has 30 heavy (non-hydrogen) atoms. The molecule has 2 atom stereocenters. The van der Waals surface area contributed by atoms with Crippen molar-refractivity contribution >= 4 is 5.57 Å². The Balaban J connectivity index is 1.40. The SMILES string of the molecule is Cc1ccc(C2CCC(/C=C/C3=CC=C(c4ccccc4)C(F)C3F)CC2)c(F)c1. The second-order valence-electron chi connectivity index (χ2n) is 8.45. The summed E-state index contributed by atoms with van der Waals surface area (Å²) in [5, 5.41) is 0. The number of rotatable bonds is 4. The van der Waals surface area contributed by atoms with Crippen LogP contribution in [0.3, 0.4) is 0 Å². The van der Waals surface area contributed by atoms with E-state index in [1.807, 2.05) is 43.3 Å². The third-order valence-electron chi connectivity index (χ3n) is 6.36. The number of aryl methyl sites for hydroxylation is 1. The Bertz CT molecular complexity index is 963. The van der Waals surface area contributed by atoms with Crippen LogP contribution in [0, 0.1) is 18.7 Å². The van der Waals surface area contributed by atoms with Gasteiger partial charge in [0.15, 0.2) is 12.3 Å². The fraction of sp³-hybridized carbons (Fsp3) is 0.333. The number of alkyl halides is 2. The molecule has 0 bridgehead atoms. The van der Waals surface area contributed by atoms with E-state index in [0.29, 0.717) is 22.6 Å². The zero-order valence-electron chi connectivity index (χ0n) is 17.2. The van der Waals surface area contributed by atoms with Crippen molar-refractivity contribution in [3.63, 3.8) is 0 Å². The van der Waals surface area contributed by atoms with Gasteiger partial charge in [0.2, 0.25) is 0 Å². The first kappa shape index (κ1) is 20.7. The molecule has 0 N–H and O–H groups in total. The predicted octanol–water partition coefficient (Wildman–Crippen LogP) is 7.66. The number of hydrogen-bond donors (Lipinski definition) is 0. The molecule has 2 aromatic carbocycles. The van der Waals surface area contributed by atoms with Crippen LogP contribution in [0.5, 0.6) is 0 Å². The van der Waals surface area contributed by atoms with Crippen LogP contribution in [0.1, 0.15) is 48.3 Å². The topological polar surface area (TPSA) is 0 Å². The second kappa shape index (κ2) is 9.07. The summed E-state index contributed by atoms with van der Waals surface area (Å²) in [5.41, 5.74) is 3.23. The Morgan fingerprint density at radius 2 is 1.60 bits per heavy atom. The van der Waals surface area contributed by atoms with Gasteiger partial charge in [0.05, 0.1) is 0 Å². The highest BCUT2D eigenvalue weighted by atomic mass is 19.2. The van der Waals surface area contributed by atoms with Crippen molar-refractivity contribution in [3.05, 3.63) is 101 Å². The van der Waals surface area contributed by atoms with Crippen molar-refractivity contribution in [2.75, 3.05) is 0 Å². The molecule has 1 saturated carbocycles. The van der Waals surface area contributed by atoms with E-state index in [2.05, 4.69) is 0 Å². The van der Waals surface area contributed by atoms with Crippen molar-refractivity contribution in [2.45, 2.75) is 50.9 Å². The lowest BCUT2D eigenvalue weighted by atomic mass is 9.78. The maximum atomic E-state index is 14.7. The Labute approximate surface area is 176 Å². The van der Waals surface area contributed by atoms with E-state index in [9.17, 15) is 13.2 Å². The van der Waals surface area contributed by atoms with E-state index in [0.717, 1.165) is 36.8 Å². The summed E-state index contributed by atoms with van der Waals surface area (Å²) in [6, 6.07) is 14.6. The second-order valence-corrected chi connectivity index (χ2v) is 8.45. The van der Waals surface area contributed by atoms with Gasteiger partial charge in [-0.05, 0) is 78.3 Å². The van der Waals surface area contributed by atoms with Crippen LogP contribution in [0.2, 0.25) is 0 Å². The van der Waals surface area contributed by atoms with Crippen molar-refractivity contribution in [1.82, 2.24) is 0 Å². The van der Waals surface area contributed by atoms with E-state index in [-0.39, 0.29) is 11.7 Å². The van der Waals surface area contributed by atoms with Crippen molar-refractivity contribution in [3.8, 4) is 0 Å². The lowest BCUT2D eigenvalue weighted by Gasteiger charge is -2.28. The van der Waals surface area contributed by atoms with Gasteiger partial charge < -0.3 is 0 Å². The summed E-state index contributed by atoms with van der Waals surface area (Å²) in [5.74, 6) is 0.446. The molecule has 0 aliphatic heterocycles. The van der Waals surface area contributed by atoms with Crippen LogP contribution >= 0.6 is 0 Å². The molecule has 0 aromatic heterocycles. The summed E-state index contributed by atoms with van der Waals surface area (Å²) in [7, 11) is 0. The molecule has 0 saturated heterocycles. The van der Waals surface area contributed by atoms with Crippen LogP contribution in [-0.4, -0.2) is 12.3 Å². The van der Waals surface area contributed by atoms with Crippen LogP contribution in [0.4, 0.5) is 13.2 Å². The van der Waals surface area contributed by atoms with E-state index >= 15 is 0 Å². The average molecular weight is 409 g/mol. The first-order valence-electron chi connectivity index (χ1n) is 10.7. The van der Waals surface area contributed by atoms with Crippen molar-refractivity contribution < 1.29 is 13.2 Å². The van der Waals surface area contributed by atoms with E-state index in [1.165, 1.54) is 0 Å². The summed E-state index contributed by atoms with van der Waals surface area (Å²) >= 11 is 0. The van der Waals surface area contributed by atoms with Crippen LogP contribution in [0.25, 0.3) is 5.57 Å². The maximum Gasteiger partial charge on any atom is 0.161 e. The van der Waals surface area contributed by atoms with Crippen LogP contribution < -0.4 is 0 Å². The molecule has 2 aromatic rings. The summed E-state index contributed by atoms with van der Waals surface area (Å²) < 4.78 is 43.7. The van der Waals surface area contributed by atoms with Crippen molar-refractivity contribution in [2.24, 2.45) is 5.92 Å². The highest BCUT2D eigenvalue weighted by molar-refractivity contribution is 5.73.